The Bertz CT molecular complexity index is 1300. The molecule has 2 aromatic heterocycles. The van der Waals surface area contributed by atoms with Gasteiger partial charge in [-0.1, -0.05) is 18.9 Å². The minimum atomic E-state index is -0.658. The summed E-state index contributed by atoms with van der Waals surface area (Å²) in [7, 11) is 0. The summed E-state index contributed by atoms with van der Waals surface area (Å²) in [4.78, 5) is 23.4. The first kappa shape index (κ1) is 25.8. The third kappa shape index (κ3) is 5.79. The van der Waals surface area contributed by atoms with Crippen molar-refractivity contribution in [1.29, 1.82) is 0 Å². The van der Waals surface area contributed by atoms with Crippen LogP contribution in [0, 0.1) is 18.8 Å². The van der Waals surface area contributed by atoms with Crippen molar-refractivity contribution in [2.75, 3.05) is 25.0 Å². The number of pyridine rings is 1. The van der Waals surface area contributed by atoms with Crippen molar-refractivity contribution in [3.05, 3.63) is 71.1 Å². The standard InChI is InChI=1S/C30H37N5O4/c1-19-25-8-10-35(15-22(25)5-6-28(19)38-17-24-14-31-18-39-24)16-23(36)13-33-30(37)21-7-9-32-29(12-21)34-27-11-20-3-2-4-26(20)27/h5-7,9,12,14,18,20,23,26-27,36H,2-4,8,10-11,13,15-17H2,1H3,(H,32,34)(H,33,37)/t20?,23-,26?,27?/m0/s1. The van der Waals surface area contributed by atoms with Gasteiger partial charge in [0.25, 0.3) is 5.91 Å². The second-order valence-electron chi connectivity index (χ2n) is 11.2. The molecule has 3 heterocycles. The number of aliphatic hydroxyl groups excluding tert-OH is 1. The molecule has 3 N–H and O–H groups in total. The molecule has 0 saturated heterocycles. The van der Waals surface area contributed by atoms with Crippen molar-refractivity contribution in [2.24, 2.45) is 11.8 Å². The van der Waals surface area contributed by atoms with Gasteiger partial charge in [0.2, 0.25) is 0 Å². The largest absolute Gasteiger partial charge is 0.485 e. The zero-order valence-corrected chi connectivity index (χ0v) is 22.4. The second kappa shape index (κ2) is 11.4. The zero-order chi connectivity index (χ0) is 26.8. The quantitative estimate of drug-likeness (QED) is 0.363. The van der Waals surface area contributed by atoms with Crippen LogP contribution < -0.4 is 15.4 Å². The highest BCUT2D eigenvalue weighted by Gasteiger charge is 2.43. The predicted molar refractivity (Wildman–Crippen MR) is 146 cm³/mol. The van der Waals surface area contributed by atoms with Crippen molar-refractivity contribution in [3.8, 4) is 5.75 Å². The van der Waals surface area contributed by atoms with Gasteiger partial charge in [0.05, 0.1) is 12.3 Å². The molecule has 3 aliphatic rings. The third-order valence-electron chi connectivity index (χ3n) is 8.69. The summed E-state index contributed by atoms with van der Waals surface area (Å²) in [6, 6.07) is 8.11. The van der Waals surface area contributed by atoms with Gasteiger partial charge in [-0.2, -0.15) is 0 Å². The summed E-state index contributed by atoms with van der Waals surface area (Å²) in [5.41, 5.74) is 4.25. The van der Waals surface area contributed by atoms with E-state index in [1.807, 2.05) is 12.1 Å². The number of oxazole rings is 1. The highest BCUT2D eigenvalue weighted by atomic mass is 16.5. The molecule has 0 bridgehead atoms. The lowest BCUT2D eigenvalue weighted by Crippen LogP contribution is -2.43. The lowest BCUT2D eigenvalue weighted by Gasteiger charge is -2.41. The van der Waals surface area contributed by atoms with Crippen LogP contribution in [-0.2, 0) is 19.6 Å². The third-order valence-corrected chi connectivity index (χ3v) is 8.69. The molecule has 2 saturated carbocycles. The number of β-amino-alcohol motifs (C(OH)–C–C–N with tert-alkyl or cyclic N) is 1. The molecular weight excluding hydrogens is 494 g/mol. The van der Waals surface area contributed by atoms with Gasteiger partial charge in [-0.05, 0) is 72.9 Å². The Balaban J connectivity index is 0.971. The fourth-order valence-electron chi connectivity index (χ4n) is 6.53. The molecule has 6 rings (SSSR count). The van der Waals surface area contributed by atoms with Gasteiger partial charge in [-0.15, -0.1) is 0 Å². The first-order chi connectivity index (χ1) is 19.0. The van der Waals surface area contributed by atoms with Crippen LogP contribution in [0.1, 0.15) is 58.5 Å². The van der Waals surface area contributed by atoms with Crippen LogP contribution in [-0.4, -0.2) is 57.7 Å². The summed E-state index contributed by atoms with van der Waals surface area (Å²) >= 11 is 0. The van der Waals surface area contributed by atoms with E-state index in [9.17, 15) is 9.90 Å². The minimum Gasteiger partial charge on any atom is -0.485 e. The van der Waals surface area contributed by atoms with Gasteiger partial charge in [0.15, 0.2) is 12.2 Å². The van der Waals surface area contributed by atoms with Crippen LogP contribution in [0.15, 0.2) is 47.5 Å². The van der Waals surface area contributed by atoms with Crippen molar-refractivity contribution in [2.45, 2.75) is 64.3 Å². The number of aromatic nitrogens is 2. The SMILES string of the molecule is Cc1c(OCc2cnco2)ccc2c1CCN(C[C@@H](O)CNC(=O)c1ccnc(NC3CC4CCCC43)c1)C2. The van der Waals surface area contributed by atoms with Crippen LogP contribution in [0.25, 0.3) is 0 Å². The topological polar surface area (TPSA) is 113 Å². The second-order valence-corrected chi connectivity index (χ2v) is 11.2. The number of aliphatic hydroxyl groups is 1. The maximum Gasteiger partial charge on any atom is 0.251 e. The molecule has 1 aromatic carbocycles. The van der Waals surface area contributed by atoms with Crippen LogP contribution in [0.5, 0.6) is 5.75 Å². The summed E-state index contributed by atoms with van der Waals surface area (Å²) in [6.45, 7) is 4.73. The molecule has 0 radical (unpaired) electrons. The molecule has 4 atom stereocenters. The van der Waals surface area contributed by atoms with Gasteiger partial charge in [-0.3, -0.25) is 9.69 Å². The smallest absolute Gasteiger partial charge is 0.251 e. The molecule has 9 heteroatoms. The average Bonchev–Trinajstić information content (AvgIpc) is 3.60. The number of carbonyl (C=O) groups is 1. The fraction of sp³-hybridized carbons (Fsp3) is 0.500. The molecule has 1 amide bonds. The van der Waals surface area contributed by atoms with Crippen molar-refractivity contribution >= 4 is 11.7 Å². The van der Waals surface area contributed by atoms with E-state index in [0.717, 1.165) is 48.5 Å². The molecule has 0 spiro atoms. The number of nitrogens with zero attached hydrogens (tertiary/aromatic N) is 3. The summed E-state index contributed by atoms with van der Waals surface area (Å²) in [5.74, 6) is 3.74. The average molecular weight is 532 g/mol. The Morgan fingerprint density at radius 1 is 1.31 bits per heavy atom. The van der Waals surface area contributed by atoms with Crippen LogP contribution in [0.3, 0.4) is 0 Å². The molecule has 3 unspecified atom stereocenters. The molecular formula is C30H37N5O4. The molecule has 1 aliphatic heterocycles. The summed E-state index contributed by atoms with van der Waals surface area (Å²) in [6.07, 6.45) is 10.1. The van der Waals surface area contributed by atoms with E-state index in [-0.39, 0.29) is 12.5 Å². The zero-order valence-electron chi connectivity index (χ0n) is 22.4. The number of fused-ring (bicyclic) bond motifs is 2. The first-order valence-electron chi connectivity index (χ1n) is 14.1. The summed E-state index contributed by atoms with van der Waals surface area (Å²) < 4.78 is 11.2. The normalized spacial score (nSPS) is 22.9. The molecule has 9 nitrogen and oxygen atoms in total. The predicted octanol–water partition coefficient (Wildman–Crippen LogP) is 3.71. The number of carbonyl (C=O) groups excluding carboxylic acids is 1. The minimum absolute atomic E-state index is 0.190. The Hall–Kier alpha value is -3.43. The Labute approximate surface area is 229 Å². The molecule has 39 heavy (non-hydrogen) atoms. The first-order valence-corrected chi connectivity index (χ1v) is 14.1. The van der Waals surface area contributed by atoms with Crippen molar-refractivity contribution in [3.63, 3.8) is 0 Å². The van der Waals surface area contributed by atoms with E-state index >= 15 is 0 Å². The number of anilines is 1. The number of hydrogen-bond acceptors (Lipinski definition) is 8. The number of nitrogens with one attached hydrogen (secondary N) is 2. The lowest BCUT2D eigenvalue weighted by atomic mass is 9.71. The lowest BCUT2D eigenvalue weighted by molar-refractivity contribution is 0.0841. The van der Waals surface area contributed by atoms with Crippen molar-refractivity contribution < 1.29 is 19.1 Å². The van der Waals surface area contributed by atoms with E-state index in [0.29, 0.717) is 30.5 Å². The molecule has 206 valence electrons. The fourth-order valence-corrected chi connectivity index (χ4v) is 6.53. The van der Waals surface area contributed by atoms with Gasteiger partial charge in [0.1, 0.15) is 18.2 Å². The van der Waals surface area contributed by atoms with Gasteiger partial charge in [-0.25, -0.2) is 9.97 Å². The number of hydrogen-bond donors (Lipinski definition) is 3. The van der Waals surface area contributed by atoms with Crippen molar-refractivity contribution in [1.82, 2.24) is 20.2 Å². The van der Waals surface area contributed by atoms with Gasteiger partial charge < -0.3 is 24.9 Å². The Kier molecular flexibility index (Phi) is 7.52. The van der Waals surface area contributed by atoms with E-state index in [1.54, 1.807) is 18.5 Å². The van der Waals surface area contributed by atoms with Gasteiger partial charge >= 0.3 is 0 Å². The molecule has 3 aromatic rings. The summed E-state index contributed by atoms with van der Waals surface area (Å²) in [5, 5.41) is 17.1. The van der Waals surface area contributed by atoms with Crippen LogP contribution in [0.2, 0.25) is 0 Å². The van der Waals surface area contributed by atoms with Crippen LogP contribution >= 0.6 is 0 Å². The molecule has 2 fully saturated rings. The van der Waals surface area contributed by atoms with E-state index in [2.05, 4.69) is 38.5 Å². The monoisotopic (exact) mass is 531 g/mol. The number of benzene rings is 1. The van der Waals surface area contributed by atoms with E-state index in [4.69, 9.17) is 9.15 Å². The Morgan fingerprint density at radius 2 is 2.23 bits per heavy atom. The highest BCUT2D eigenvalue weighted by molar-refractivity contribution is 5.94. The molecule has 2 aliphatic carbocycles. The van der Waals surface area contributed by atoms with Gasteiger partial charge in [0, 0.05) is 44.0 Å². The number of ether oxygens (including phenoxy) is 1. The Morgan fingerprint density at radius 3 is 3.08 bits per heavy atom. The number of rotatable bonds is 10. The van der Waals surface area contributed by atoms with Crippen LogP contribution in [0.4, 0.5) is 5.82 Å². The van der Waals surface area contributed by atoms with E-state index in [1.165, 1.54) is 43.2 Å². The maximum atomic E-state index is 12.8. The number of amides is 1. The maximum absolute atomic E-state index is 12.8. The van der Waals surface area contributed by atoms with E-state index < -0.39 is 6.10 Å². The highest BCUT2D eigenvalue weighted by Crippen LogP contribution is 2.47.